The largest absolute Gasteiger partial charge is 0.496 e. The van der Waals surface area contributed by atoms with Crippen LogP contribution in [0.15, 0.2) is 59.1 Å². The lowest BCUT2D eigenvalue weighted by atomic mass is 9.86. The van der Waals surface area contributed by atoms with E-state index in [4.69, 9.17) is 9.47 Å². The average Bonchev–Trinajstić information content (AvgIpc) is 3.25. The van der Waals surface area contributed by atoms with Crippen LogP contribution in [0.2, 0.25) is 0 Å². The number of amides is 1. The van der Waals surface area contributed by atoms with Crippen molar-refractivity contribution in [3.63, 3.8) is 0 Å². The molecule has 0 saturated carbocycles. The van der Waals surface area contributed by atoms with Gasteiger partial charge >= 0.3 is 0 Å². The highest BCUT2D eigenvalue weighted by Gasteiger charge is 2.45. The number of halogens is 1. The van der Waals surface area contributed by atoms with E-state index in [2.05, 4.69) is 22.0 Å². The van der Waals surface area contributed by atoms with Crippen LogP contribution < -0.4 is 9.47 Å². The molecule has 7 heteroatoms. The minimum atomic E-state index is -0.558. The second-order valence-corrected chi connectivity index (χ2v) is 8.61. The normalized spacial score (nSPS) is 16.1. The first-order valence-corrected chi connectivity index (χ1v) is 10.9. The van der Waals surface area contributed by atoms with Crippen molar-refractivity contribution in [2.75, 3.05) is 20.2 Å². The predicted octanol–water partition coefficient (Wildman–Crippen LogP) is 4.64. The van der Waals surface area contributed by atoms with Gasteiger partial charge in [0.2, 0.25) is 0 Å². The number of likely N-dealkylation sites (tertiary alicyclic amines) is 1. The zero-order valence-electron chi connectivity index (χ0n) is 17.0. The van der Waals surface area contributed by atoms with Crippen molar-refractivity contribution in [1.29, 1.82) is 5.26 Å². The van der Waals surface area contributed by atoms with Crippen molar-refractivity contribution in [3.8, 4) is 23.3 Å². The van der Waals surface area contributed by atoms with Gasteiger partial charge in [-0.3, -0.25) is 9.36 Å². The summed E-state index contributed by atoms with van der Waals surface area (Å²) >= 11 is 3.43. The van der Waals surface area contributed by atoms with Crippen molar-refractivity contribution in [2.45, 2.75) is 18.4 Å². The van der Waals surface area contributed by atoms with Crippen molar-refractivity contribution >= 4 is 21.8 Å². The van der Waals surface area contributed by atoms with Crippen molar-refractivity contribution < 1.29 is 14.3 Å². The number of nitrogens with zero attached hydrogens (tertiary/aromatic N) is 3. The van der Waals surface area contributed by atoms with Crippen LogP contribution >= 0.6 is 15.9 Å². The molecule has 0 radical (unpaired) electrons. The molecule has 0 bridgehead atoms. The number of hydrogen-bond acceptors (Lipinski definition) is 4. The van der Waals surface area contributed by atoms with E-state index >= 15 is 0 Å². The highest BCUT2D eigenvalue weighted by atomic mass is 79.9. The monoisotopic (exact) mass is 477 g/mol. The lowest BCUT2D eigenvalue weighted by Gasteiger charge is -2.45. The lowest BCUT2D eigenvalue weighted by molar-refractivity contribution is -0.00938. The van der Waals surface area contributed by atoms with E-state index < -0.39 is 5.60 Å². The van der Waals surface area contributed by atoms with Gasteiger partial charge in [0.05, 0.1) is 23.0 Å². The molecular formula is C24H20BrN3O3. The topological polar surface area (TPSA) is 67.5 Å². The van der Waals surface area contributed by atoms with Gasteiger partial charge in [0.1, 0.15) is 23.3 Å². The Labute approximate surface area is 188 Å². The third kappa shape index (κ3) is 3.10. The van der Waals surface area contributed by atoms with Gasteiger partial charge < -0.3 is 14.4 Å². The zero-order valence-corrected chi connectivity index (χ0v) is 18.6. The molecule has 3 aromatic rings. The number of carbonyl (C=O) groups is 1. The van der Waals surface area contributed by atoms with Gasteiger partial charge in [0.15, 0.2) is 5.60 Å². The Morgan fingerprint density at radius 1 is 1.16 bits per heavy atom. The maximum absolute atomic E-state index is 13.1. The summed E-state index contributed by atoms with van der Waals surface area (Å²) in [6.07, 6.45) is 1.30. The average molecular weight is 478 g/mol. The molecule has 156 valence electrons. The highest BCUT2D eigenvalue weighted by molar-refractivity contribution is 9.10. The molecule has 0 N–H and O–H groups in total. The summed E-state index contributed by atoms with van der Waals surface area (Å²) < 4.78 is 14.7. The molecule has 3 heterocycles. The van der Waals surface area contributed by atoms with Crippen LogP contribution in [0.4, 0.5) is 0 Å². The van der Waals surface area contributed by atoms with Crippen molar-refractivity contribution in [3.05, 3.63) is 76.0 Å². The molecular weight excluding hydrogens is 458 g/mol. The number of aromatic nitrogens is 1. The van der Waals surface area contributed by atoms with E-state index in [-0.39, 0.29) is 5.91 Å². The standard InChI is InChI=1S/C24H20BrN3O3/c1-30-21-14-16(6-8-18(21)25)23(29)27-12-10-24(11-13-27)22-9-7-17(15-26)28(22)19-4-2-3-5-20(19)31-24/h2-9,14H,10-13H2,1H3. The summed E-state index contributed by atoms with van der Waals surface area (Å²) in [5, 5.41) is 9.62. The number of methoxy groups -OCH3 is 1. The highest BCUT2D eigenvalue weighted by Crippen LogP contribution is 2.46. The summed E-state index contributed by atoms with van der Waals surface area (Å²) in [5.74, 6) is 1.37. The van der Waals surface area contributed by atoms with Gasteiger partial charge in [0, 0.05) is 31.5 Å². The molecule has 1 amide bonds. The van der Waals surface area contributed by atoms with E-state index in [0.717, 1.165) is 21.6 Å². The molecule has 0 unspecified atom stereocenters. The van der Waals surface area contributed by atoms with Crippen LogP contribution in [0.1, 0.15) is 34.6 Å². The maximum Gasteiger partial charge on any atom is 0.253 e. The van der Waals surface area contributed by atoms with Crippen molar-refractivity contribution in [2.24, 2.45) is 0 Å². The van der Waals surface area contributed by atoms with Gasteiger partial charge in [-0.2, -0.15) is 5.26 Å². The Hall–Kier alpha value is -3.24. The Bertz CT molecular complexity index is 1220. The van der Waals surface area contributed by atoms with Crippen LogP contribution in [0.5, 0.6) is 11.5 Å². The minimum absolute atomic E-state index is 0.0232. The molecule has 0 aliphatic carbocycles. The van der Waals surface area contributed by atoms with Gasteiger partial charge in [-0.05, 0) is 58.4 Å². The molecule has 2 aliphatic rings. The van der Waals surface area contributed by atoms with Crippen LogP contribution in [0.3, 0.4) is 0 Å². The molecule has 1 fully saturated rings. The van der Waals surface area contributed by atoms with Gasteiger partial charge in [-0.1, -0.05) is 12.1 Å². The molecule has 5 rings (SSSR count). The summed E-state index contributed by atoms with van der Waals surface area (Å²) in [6, 6.07) is 19.3. The number of hydrogen-bond donors (Lipinski definition) is 0. The quantitative estimate of drug-likeness (QED) is 0.538. The summed E-state index contributed by atoms with van der Waals surface area (Å²) in [4.78, 5) is 15.0. The molecule has 2 aromatic carbocycles. The number of para-hydroxylation sites is 2. The van der Waals surface area contributed by atoms with Crippen LogP contribution in [0, 0.1) is 11.3 Å². The number of benzene rings is 2. The smallest absolute Gasteiger partial charge is 0.253 e. The first-order valence-electron chi connectivity index (χ1n) is 10.1. The Balaban J connectivity index is 1.43. The zero-order chi connectivity index (χ0) is 21.6. The number of nitriles is 1. The number of carbonyl (C=O) groups excluding carboxylic acids is 1. The number of piperidine rings is 1. The fourth-order valence-electron chi connectivity index (χ4n) is 4.53. The van der Waals surface area contributed by atoms with Crippen molar-refractivity contribution in [1.82, 2.24) is 9.47 Å². The maximum atomic E-state index is 13.1. The summed E-state index contributed by atoms with van der Waals surface area (Å²) in [7, 11) is 1.59. The molecule has 0 atom stereocenters. The Kier molecular flexibility index (Phi) is 4.75. The Morgan fingerprint density at radius 3 is 2.68 bits per heavy atom. The van der Waals surface area contributed by atoms with E-state index in [9.17, 15) is 10.1 Å². The van der Waals surface area contributed by atoms with Gasteiger partial charge in [-0.25, -0.2) is 0 Å². The number of rotatable bonds is 2. The summed E-state index contributed by atoms with van der Waals surface area (Å²) in [6.45, 7) is 1.12. The first kappa shape index (κ1) is 19.7. The molecule has 2 aliphatic heterocycles. The van der Waals surface area contributed by atoms with Gasteiger partial charge in [-0.15, -0.1) is 0 Å². The minimum Gasteiger partial charge on any atom is -0.496 e. The first-order chi connectivity index (χ1) is 15.1. The fourth-order valence-corrected chi connectivity index (χ4v) is 4.94. The SMILES string of the molecule is COc1cc(C(=O)N2CCC3(CC2)Oc2ccccc2-n2c(C#N)ccc23)ccc1Br. The van der Waals surface area contributed by atoms with E-state index in [1.165, 1.54) is 0 Å². The van der Waals surface area contributed by atoms with Crippen LogP contribution in [-0.2, 0) is 5.60 Å². The molecule has 1 spiro atoms. The molecule has 1 aromatic heterocycles. The van der Waals surface area contributed by atoms with Gasteiger partial charge in [0.25, 0.3) is 5.91 Å². The number of ether oxygens (including phenoxy) is 2. The summed E-state index contributed by atoms with van der Waals surface area (Å²) in [5.41, 5.74) is 2.48. The third-order valence-electron chi connectivity index (χ3n) is 6.13. The molecule has 6 nitrogen and oxygen atoms in total. The Morgan fingerprint density at radius 2 is 1.94 bits per heavy atom. The van der Waals surface area contributed by atoms with E-state index in [0.29, 0.717) is 42.9 Å². The van der Waals surface area contributed by atoms with Crippen LogP contribution in [0.25, 0.3) is 5.69 Å². The second kappa shape index (κ2) is 7.47. The van der Waals surface area contributed by atoms with E-state index in [1.807, 2.05) is 51.9 Å². The molecule has 1 saturated heterocycles. The second-order valence-electron chi connectivity index (χ2n) is 7.76. The van der Waals surface area contributed by atoms with Crippen LogP contribution in [-0.4, -0.2) is 35.6 Å². The lowest BCUT2D eigenvalue weighted by Crippen LogP contribution is -2.50. The third-order valence-corrected chi connectivity index (χ3v) is 6.79. The molecule has 31 heavy (non-hydrogen) atoms. The number of fused-ring (bicyclic) bond motifs is 4. The van der Waals surface area contributed by atoms with E-state index in [1.54, 1.807) is 19.2 Å². The predicted molar refractivity (Wildman–Crippen MR) is 119 cm³/mol. The fraction of sp³-hybridized carbons (Fsp3) is 0.250.